The molecule has 25 heavy (non-hydrogen) atoms. The Bertz CT molecular complexity index is 801. The first-order chi connectivity index (χ1) is 11.8. The number of carboxylic acids is 1. The molecule has 0 bridgehead atoms. The summed E-state index contributed by atoms with van der Waals surface area (Å²) in [5.74, 6) is -1.48. The van der Waals surface area contributed by atoms with E-state index in [1.165, 1.54) is 7.11 Å². The normalized spacial score (nSPS) is 10.3. The van der Waals surface area contributed by atoms with Gasteiger partial charge in [0.1, 0.15) is 10.7 Å². The van der Waals surface area contributed by atoms with Crippen molar-refractivity contribution in [1.29, 1.82) is 5.41 Å². The van der Waals surface area contributed by atoms with E-state index in [4.69, 9.17) is 11.1 Å². The number of nitrogens with two attached hydrogens (primary N) is 1. The van der Waals surface area contributed by atoms with Crippen molar-refractivity contribution in [2.45, 2.75) is 6.42 Å². The highest BCUT2D eigenvalue weighted by Crippen LogP contribution is 2.33. The number of thiazole rings is 1. The van der Waals surface area contributed by atoms with Crippen LogP contribution in [0, 0.1) is 5.41 Å². The molecule has 9 heteroatoms. The zero-order valence-corrected chi connectivity index (χ0v) is 14.6. The average molecular weight is 362 g/mol. The van der Waals surface area contributed by atoms with Crippen molar-refractivity contribution in [1.82, 2.24) is 4.98 Å². The van der Waals surface area contributed by atoms with Crippen molar-refractivity contribution < 1.29 is 19.4 Å². The highest BCUT2D eigenvalue weighted by molar-refractivity contribution is 7.17. The number of benzene rings is 1. The van der Waals surface area contributed by atoms with E-state index in [-0.39, 0.29) is 23.1 Å². The molecule has 1 aromatic carbocycles. The van der Waals surface area contributed by atoms with Gasteiger partial charge in [0.2, 0.25) is 0 Å². The minimum Gasteiger partial charge on any atom is -0.477 e. The molecule has 2 aromatic rings. The van der Waals surface area contributed by atoms with Crippen molar-refractivity contribution in [3.63, 3.8) is 0 Å². The lowest BCUT2D eigenvalue weighted by atomic mass is 10.1. The second-order valence-electron chi connectivity index (χ2n) is 5.22. The molecule has 1 heterocycles. The summed E-state index contributed by atoms with van der Waals surface area (Å²) in [6, 6.07) is 6.64. The zero-order chi connectivity index (χ0) is 18.6. The molecule has 0 fully saturated rings. The Morgan fingerprint density at radius 1 is 1.36 bits per heavy atom. The first-order valence-electron chi connectivity index (χ1n) is 7.30. The fourth-order valence-corrected chi connectivity index (χ4v) is 2.99. The van der Waals surface area contributed by atoms with Crippen molar-refractivity contribution >= 4 is 34.2 Å². The van der Waals surface area contributed by atoms with Gasteiger partial charge in [0, 0.05) is 24.7 Å². The van der Waals surface area contributed by atoms with Gasteiger partial charge in [-0.1, -0.05) is 35.6 Å². The van der Waals surface area contributed by atoms with Crippen LogP contribution in [-0.4, -0.2) is 48.6 Å². The number of esters is 1. The number of nitrogen functional groups attached to an aromatic ring is 1. The van der Waals surface area contributed by atoms with E-state index in [0.29, 0.717) is 28.5 Å². The highest BCUT2D eigenvalue weighted by atomic mass is 32.1. The summed E-state index contributed by atoms with van der Waals surface area (Å²) in [4.78, 5) is 29.0. The third-order valence-corrected chi connectivity index (χ3v) is 4.64. The second kappa shape index (κ2) is 7.75. The number of nitrogens with zero attached hydrogens (tertiary/aromatic N) is 2. The minimum atomic E-state index is -1.07. The number of ether oxygens (including phenoxy) is 1. The largest absolute Gasteiger partial charge is 0.477 e. The summed E-state index contributed by atoms with van der Waals surface area (Å²) in [7, 11) is 3.05. The molecule has 132 valence electrons. The summed E-state index contributed by atoms with van der Waals surface area (Å²) >= 11 is 1.04. The second-order valence-corrected chi connectivity index (χ2v) is 6.20. The monoisotopic (exact) mass is 362 g/mol. The minimum absolute atomic E-state index is 0.0634. The predicted molar refractivity (Wildman–Crippen MR) is 95.4 cm³/mol. The molecule has 4 N–H and O–H groups in total. The third-order valence-electron chi connectivity index (χ3n) is 3.49. The number of carbonyl (C=O) groups excluding carboxylic acids is 1. The number of anilines is 1. The van der Waals surface area contributed by atoms with E-state index in [0.717, 1.165) is 11.3 Å². The van der Waals surface area contributed by atoms with Gasteiger partial charge in [-0.3, -0.25) is 10.2 Å². The smallest absolute Gasteiger partial charge is 0.348 e. The zero-order valence-electron chi connectivity index (χ0n) is 13.8. The first-order valence-corrected chi connectivity index (χ1v) is 8.12. The maximum absolute atomic E-state index is 11.5. The quantitative estimate of drug-likeness (QED) is 0.389. The van der Waals surface area contributed by atoms with Crippen LogP contribution in [0.2, 0.25) is 0 Å². The molecule has 2 rings (SSSR count). The van der Waals surface area contributed by atoms with Gasteiger partial charge in [0.05, 0.1) is 19.2 Å². The number of amidine groups is 1. The van der Waals surface area contributed by atoms with Gasteiger partial charge in [-0.25, -0.2) is 9.78 Å². The maximum Gasteiger partial charge on any atom is 0.348 e. The number of carboxylic acid groups (broad SMARTS) is 1. The van der Waals surface area contributed by atoms with Gasteiger partial charge in [-0.15, -0.1) is 0 Å². The van der Waals surface area contributed by atoms with Gasteiger partial charge in [-0.05, 0) is 0 Å². The van der Waals surface area contributed by atoms with Crippen LogP contribution in [0.4, 0.5) is 5.13 Å². The molecule has 0 aliphatic carbocycles. The Labute approximate surface area is 148 Å². The molecule has 0 atom stereocenters. The molecule has 0 aliphatic heterocycles. The van der Waals surface area contributed by atoms with E-state index in [1.807, 2.05) is 0 Å². The third kappa shape index (κ3) is 4.32. The number of methoxy groups -OCH3 is 1. The van der Waals surface area contributed by atoms with E-state index < -0.39 is 5.97 Å². The summed E-state index contributed by atoms with van der Waals surface area (Å²) in [5, 5.41) is 17.3. The van der Waals surface area contributed by atoms with E-state index >= 15 is 0 Å². The lowest BCUT2D eigenvalue weighted by Gasteiger charge is -2.14. The molecular weight excluding hydrogens is 344 g/mol. The number of hydrogen-bond donors (Lipinski definition) is 3. The van der Waals surface area contributed by atoms with Gasteiger partial charge in [0.15, 0.2) is 5.13 Å². The van der Waals surface area contributed by atoms with Crippen molar-refractivity contribution in [2.24, 2.45) is 5.73 Å². The molecule has 8 nitrogen and oxygen atoms in total. The summed E-state index contributed by atoms with van der Waals surface area (Å²) in [6.07, 6.45) is 0.178. The number of aromatic carboxylic acids is 1. The number of carbonyl (C=O) groups is 2. The van der Waals surface area contributed by atoms with Crippen LogP contribution in [0.15, 0.2) is 24.3 Å². The molecule has 1 aromatic heterocycles. The SMILES string of the molecule is COC(=O)CCN(C)c1nc(-c2ccc(C(=N)N)cc2)c(C(=O)O)s1. The first kappa shape index (κ1) is 18.4. The van der Waals surface area contributed by atoms with Gasteiger partial charge in [0.25, 0.3) is 0 Å². The van der Waals surface area contributed by atoms with Crippen LogP contribution in [0.1, 0.15) is 21.7 Å². The number of nitrogens with one attached hydrogen (secondary N) is 1. The molecule has 0 saturated heterocycles. The molecule has 0 aliphatic rings. The van der Waals surface area contributed by atoms with Crippen molar-refractivity contribution in [3.8, 4) is 11.3 Å². The van der Waals surface area contributed by atoms with E-state index in [1.54, 1.807) is 36.2 Å². The molecular formula is C16H18N4O4S. The lowest BCUT2D eigenvalue weighted by molar-refractivity contribution is -0.140. The predicted octanol–water partition coefficient (Wildman–Crippen LogP) is 1.79. The highest BCUT2D eigenvalue weighted by Gasteiger charge is 2.21. The fourth-order valence-electron chi connectivity index (χ4n) is 2.08. The summed E-state index contributed by atoms with van der Waals surface area (Å²) < 4.78 is 4.60. The van der Waals surface area contributed by atoms with Crippen molar-refractivity contribution in [2.75, 3.05) is 25.6 Å². The van der Waals surface area contributed by atoms with E-state index in [9.17, 15) is 14.7 Å². The fraction of sp³-hybridized carbons (Fsp3) is 0.250. The Kier molecular flexibility index (Phi) is 5.71. The van der Waals surface area contributed by atoms with Crippen molar-refractivity contribution in [3.05, 3.63) is 34.7 Å². The Hall–Kier alpha value is -2.94. The molecule has 0 saturated carbocycles. The van der Waals surface area contributed by atoms with Crippen LogP contribution >= 0.6 is 11.3 Å². The van der Waals surface area contributed by atoms with Crippen LogP contribution in [-0.2, 0) is 9.53 Å². The van der Waals surface area contributed by atoms with Gasteiger partial charge < -0.3 is 20.5 Å². The van der Waals surface area contributed by atoms with Gasteiger partial charge in [-0.2, -0.15) is 0 Å². The number of aromatic nitrogens is 1. The molecule has 0 amide bonds. The molecule has 0 radical (unpaired) electrons. The molecule has 0 spiro atoms. The standard InChI is InChI=1S/C16H18N4O4S/c1-20(8-7-11(21)24-2)16-19-12(13(25-16)15(22)23)9-3-5-10(6-4-9)14(17)18/h3-6H,7-8H2,1-2H3,(H3,17,18)(H,22,23). The Morgan fingerprint density at radius 2 is 2.00 bits per heavy atom. The van der Waals surface area contributed by atoms with Crippen LogP contribution in [0.5, 0.6) is 0 Å². The number of rotatable bonds is 7. The summed E-state index contributed by atoms with van der Waals surface area (Å²) in [5.41, 5.74) is 6.93. The number of hydrogen-bond acceptors (Lipinski definition) is 7. The van der Waals surface area contributed by atoms with Crippen LogP contribution in [0.25, 0.3) is 11.3 Å². The van der Waals surface area contributed by atoms with Crippen LogP contribution in [0.3, 0.4) is 0 Å². The van der Waals surface area contributed by atoms with Crippen LogP contribution < -0.4 is 10.6 Å². The Balaban J connectivity index is 2.31. The summed E-state index contributed by atoms with van der Waals surface area (Å²) in [6.45, 7) is 0.363. The maximum atomic E-state index is 11.5. The van der Waals surface area contributed by atoms with Gasteiger partial charge >= 0.3 is 11.9 Å². The van der Waals surface area contributed by atoms with E-state index in [2.05, 4.69) is 9.72 Å². The Morgan fingerprint density at radius 3 is 2.52 bits per heavy atom. The average Bonchev–Trinajstić information content (AvgIpc) is 3.05. The molecule has 0 unspecified atom stereocenters. The topological polar surface area (TPSA) is 130 Å². The lowest BCUT2D eigenvalue weighted by Crippen LogP contribution is -2.21.